The highest BCUT2D eigenvalue weighted by atomic mass is 19.4. The minimum atomic E-state index is -4.68. The molecule has 1 fully saturated rings. The largest absolute Gasteiger partial charge is 0.497 e. The van der Waals surface area contributed by atoms with E-state index in [1.54, 1.807) is 0 Å². The van der Waals surface area contributed by atoms with Gasteiger partial charge in [0.1, 0.15) is 11.6 Å². The van der Waals surface area contributed by atoms with E-state index in [0.717, 1.165) is 31.3 Å². The summed E-state index contributed by atoms with van der Waals surface area (Å²) in [7, 11) is 3.29. The van der Waals surface area contributed by atoms with Gasteiger partial charge in [-0.2, -0.15) is 13.2 Å². The lowest BCUT2D eigenvalue weighted by molar-refractivity contribution is -0.136. The van der Waals surface area contributed by atoms with Gasteiger partial charge < -0.3 is 19.9 Å². The van der Waals surface area contributed by atoms with Crippen LogP contribution in [0.4, 0.5) is 28.9 Å². The number of likely N-dealkylation sites (N-methyl/N-ethyl adjacent to an activating group) is 1. The van der Waals surface area contributed by atoms with E-state index in [4.69, 9.17) is 4.74 Å². The number of alkyl halides is 3. The fraction of sp³-hybridized carbons (Fsp3) is 0.350. The normalized spacial score (nSPS) is 15.3. The van der Waals surface area contributed by atoms with Crippen LogP contribution in [-0.4, -0.2) is 51.1 Å². The Balaban J connectivity index is 1.87. The molecular formula is C20H21F4N3O2. The van der Waals surface area contributed by atoms with Gasteiger partial charge in [-0.15, -0.1) is 0 Å². The summed E-state index contributed by atoms with van der Waals surface area (Å²) in [5.41, 5.74) is -1.34. The van der Waals surface area contributed by atoms with Crippen LogP contribution in [-0.2, 0) is 6.18 Å². The fourth-order valence-corrected chi connectivity index (χ4v) is 3.13. The molecule has 0 bridgehead atoms. The van der Waals surface area contributed by atoms with E-state index in [1.807, 2.05) is 11.9 Å². The number of rotatable bonds is 4. The summed E-state index contributed by atoms with van der Waals surface area (Å²) in [6.45, 7) is 2.71. The Morgan fingerprint density at radius 2 is 1.76 bits per heavy atom. The van der Waals surface area contributed by atoms with E-state index in [-0.39, 0.29) is 11.3 Å². The Morgan fingerprint density at radius 3 is 2.34 bits per heavy atom. The SMILES string of the molecule is COc1ccc(C(=O)Nc2ccc(N3CCN(C)CC3)cc2C(F)(F)F)c(F)c1. The number of ether oxygens (including phenoxy) is 1. The van der Waals surface area contributed by atoms with Crippen molar-refractivity contribution in [3.05, 3.63) is 53.3 Å². The molecule has 1 N–H and O–H groups in total. The molecule has 29 heavy (non-hydrogen) atoms. The van der Waals surface area contributed by atoms with Crippen LogP contribution in [0, 0.1) is 5.82 Å². The van der Waals surface area contributed by atoms with Crippen LogP contribution in [0.2, 0.25) is 0 Å². The van der Waals surface area contributed by atoms with Crippen LogP contribution >= 0.6 is 0 Å². The number of amides is 1. The first-order valence-corrected chi connectivity index (χ1v) is 8.98. The molecule has 5 nitrogen and oxygen atoms in total. The Bertz CT molecular complexity index is 894. The highest BCUT2D eigenvalue weighted by molar-refractivity contribution is 6.05. The molecule has 0 atom stereocenters. The number of nitrogens with zero attached hydrogens (tertiary/aromatic N) is 2. The van der Waals surface area contributed by atoms with Gasteiger partial charge in [0.2, 0.25) is 0 Å². The maximum atomic E-state index is 14.1. The van der Waals surface area contributed by atoms with Crippen molar-refractivity contribution in [2.75, 3.05) is 50.6 Å². The topological polar surface area (TPSA) is 44.8 Å². The van der Waals surface area contributed by atoms with Crippen molar-refractivity contribution in [2.24, 2.45) is 0 Å². The van der Waals surface area contributed by atoms with Crippen LogP contribution in [0.1, 0.15) is 15.9 Å². The lowest BCUT2D eigenvalue weighted by atomic mass is 10.1. The van der Waals surface area contributed by atoms with Crippen LogP contribution in [0.3, 0.4) is 0 Å². The monoisotopic (exact) mass is 411 g/mol. The summed E-state index contributed by atoms with van der Waals surface area (Å²) >= 11 is 0. The van der Waals surface area contributed by atoms with Gasteiger partial charge in [-0.25, -0.2) is 4.39 Å². The minimum Gasteiger partial charge on any atom is -0.497 e. The summed E-state index contributed by atoms with van der Waals surface area (Å²) in [5, 5.41) is 2.18. The number of hydrogen-bond donors (Lipinski definition) is 1. The van der Waals surface area contributed by atoms with E-state index in [1.165, 1.54) is 25.3 Å². The van der Waals surface area contributed by atoms with E-state index in [9.17, 15) is 22.4 Å². The maximum Gasteiger partial charge on any atom is 0.418 e. The molecular weight excluding hydrogens is 390 g/mol. The average Bonchev–Trinajstić information content (AvgIpc) is 2.68. The molecule has 2 aromatic carbocycles. The number of methoxy groups -OCH3 is 1. The zero-order chi connectivity index (χ0) is 21.2. The van der Waals surface area contributed by atoms with Crippen molar-refractivity contribution < 1.29 is 27.1 Å². The highest BCUT2D eigenvalue weighted by Crippen LogP contribution is 2.38. The van der Waals surface area contributed by atoms with Gasteiger partial charge in [0.05, 0.1) is 23.9 Å². The van der Waals surface area contributed by atoms with Crippen LogP contribution in [0.15, 0.2) is 36.4 Å². The highest BCUT2D eigenvalue weighted by Gasteiger charge is 2.35. The second-order valence-electron chi connectivity index (χ2n) is 6.82. The van der Waals surface area contributed by atoms with Gasteiger partial charge in [0.25, 0.3) is 5.91 Å². The molecule has 3 rings (SSSR count). The molecule has 0 aliphatic carbocycles. The van der Waals surface area contributed by atoms with Crippen molar-refractivity contribution >= 4 is 17.3 Å². The number of carbonyl (C=O) groups is 1. The Morgan fingerprint density at radius 1 is 1.07 bits per heavy atom. The minimum absolute atomic E-state index is 0.201. The van der Waals surface area contributed by atoms with Crippen molar-refractivity contribution in [3.63, 3.8) is 0 Å². The second-order valence-corrected chi connectivity index (χ2v) is 6.82. The number of carbonyl (C=O) groups excluding carboxylic acids is 1. The van der Waals surface area contributed by atoms with Crippen molar-refractivity contribution in [3.8, 4) is 5.75 Å². The predicted molar refractivity (Wildman–Crippen MR) is 102 cm³/mol. The molecule has 1 aliphatic heterocycles. The third-order valence-electron chi connectivity index (χ3n) is 4.85. The number of benzene rings is 2. The molecule has 1 aliphatic rings. The van der Waals surface area contributed by atoms with Gasteiger partial charge >= 0.3 is 6.18 Å². The van der Waals surface area contributed by atoms with Gasteiger partial charge in [-0.05, 0) is 37.4 Å². The molecule has 1 heterocycles. The van der Waals surface area contributed by atoms with Crippen LogP contribution in [0.5, 0.6) is 5.75 Å². The Labute approximate surface area is 165 Å². The molecule has 1 amide bonds. The number of hydrogen-bond acceptors (Lipinski definition) is 4. The van der Waals surface area contributed by atoms with Gasteiger partial charge in [0.15, 0.2) is 0 Å². The Kier molecular flexibility index (Phi) is 5.97. The molecule has 9 heteroatoms. The lowest BCUT2D eigenvalue weighted by Gasteiger charge is -2.34. The third kappa shape index (κ3) is 4.79. The fourth-order valence-electron chi connectivity index (χ4n) is 3.13. The zero-order valence-electron chi connectivity index (χ0n) is 16.0. The molecule has 0 unspecified atom stereocenters. The molecule has 0 radical (unpaired) electrons. The zero-order valence-corrected chi connectivity index (χ0v) is 16.0. The molecule has 0 spiro atoms. The predicted octanol–water partition coefficient (Wildman–Crippen LogP) is 3.86. The molecule has 0 saturated carbocycles. The molecule has 0 aromatic heterocycles. The Hall–Kier alpha value is -2.81. The van der Waals surface area contributed by atoms with Crippen LogP contribution in [0.25, 0.3) is 0 Å². The van der Waals surface area contributed by atoms with E-state index < -0.39 is 29.2 Å². The summed E-state index contributed by atoms with van der Waals surface area (Å²) < 4.78 is 59.8. The summed E-state index contributed by atoms with van der Waals surface area (Å²) in [5.74, 6) is -1.65. The molecule has 2 aromatic rings. The lowest BCUT2D eigenvalue weighted by Crippen LogP contribution is -2.44. The number of piperazine rings is 1. The maximum absolute atomic E-state index is 14.1. The first kappa shape index (κ1) is 20.9. The average molecular weight is 411 g/mol. The molecule has 1 saturated heterocycles. The second kappa shape index (κ2) is 8.28. The van der Waals surface area contributed by atoms with Crippen LogP contribution < -0.4 is 15.0 Å². The van der Waals surface area contributed by atoms with Crippen molar-refractivity contribution in [1.29, 1.82) is 0 Å². The quantitative estimate of drug-likeness (QED) is 0.777. The van der Waals surface area contributed by atoms with Crippen molar-refractivity contribution in [1.82, 2.24) is 4.90 Å². The van der Waals surface area contributed by atoms with E-state index in [0.29, 0.717) is 18.8 Å². The van der Waals surface area contributed by atoms with E-state index >= 15 is 0 Å². The van der Waals surface area contributed by atoms with Gasteiger partial charge in [-0.1, -0.05) is 0 Å². The number of nitrogens with one attached hydrogen (secondary N) is 1. The third-order valence-corrected chi connectivity index (χ3v) is 4.85. The smallest absolute Gasteiger partial charge is 0.418 e. The first-order valence-electron chi connectivity index (χ1n) is 8.98. The summed E-state index contributed by atoms with van der Waals surface area (Å²) in [4.78, 5) is 16.3. The first-order chi connectivity index (χ1) is 13.7. The standard InChI is InChI=1S/C20H21F4N3O2/c1-26-7-9-27(10-8-26)13-3-6-18(16(11-13)20(22,23)24)25-19(28)15-5-4-14(29-2)12-17(15)21/h3-6,11-12H,7-10H2,1-2H3,(H,25,28). The number of anilines is 2. The summed E-state index contributed by atoms with van der Waals surface area (Å²) in [6.07, 6.45) is -4.68. The van der Waals surface area contributed by atoms with Crippen molar-refractivity contribution in [2.45, 2.75) is 6.18 Å². The summed E-state index contributed by atoms with van der Waals surface area (Å²) in [6, 6.07) is 7.27. The van der Waals surface area contributed by atoms with Gasteiger partial charge in [0, 0.05) is 37.9 Å². The van der Waals surface area contributed by atoms with Gasteiger partial charge in [-0.3, -0.25) is 4.79 Å². The van der Waals surface area contributed by atoms with E-state index in [2.05, 4.69) is 10.2 Å². The molecule has 156 valence electrons. The number of halogens is 4.